The van der Waals surface area contributed by atoms with Crippen LogP contribution in [0, 0.1) is 10.1 Å². The second kappa shape index (κ2) is 3.64. The van der Waals surface area contributed by atoms with Crippen LogP contribution in [0.15, 0.2) is 12.3 Å². The Hall–Kier alpha value is -1.99. The molecular formula is C7H3F3N2O3. The monoisotopic (exact) mass is 220 g/mol. The predicted molar refractivity (Wildman–Crippen MR) is 41.3 cm³/mol. The van der Waals surface area contributed by atoms with Crippen LogP contribution in [0.4, 0.5) is 18.9 Å². The Balaban J connectivity index is 3.40. The highest BCUT2D eigenvalue weighted by atomic mass is 19.4. The topological polar surface area (TPSA) is 73.1 Å². The minimum absolute atomic E-state index is 0.181. The fraction of sp³-hybridized carbons (Fsp3) is 0.143. The zero-order chi connectivity index (χ0) is 11.6. The molecule has 0 saturated heterocycles. The number of hydrogen-bond acceptors (Lipinski definition) is 4. The third-order valence-corrected chi connectivity index (χ3v) is 1.49. The van der Waals surface area contributed by atoms with Gasteiger partial charge in [0.2, 0.25) is 5.69 Å². The maximum Gasteiger partial charge on any atom is 0.440 e. The second-order valence-electron chi connectivity index (χ2n) is 2.51. The summed E-state index contributed by atoms with van der Waals surface area (Å²) < 4.78 is 36.6. The van der Waals surface area contributed by atoms with Crippen LogP contribution in [0.5, 0.6) is 0 Å². The van der Waals surface area contributed by atoms with Crippen LogP contribution in [-0.2, 0) is 6.18 Å². The van der Waals surface area contributed by atoms with Gasteiger partial charge in [0.25, 0.3) is 0 Å². The van der Waals surface area contributed by atoms with Gasteiger partial charge in [0.15, 0.2) is 6.29 Å². The summed E-state index contributed by atoms with van der Waals surface area (Å²) in [6.45, 7) is 0. The fourth-order valence-corrected chi connectivity index (χ4v) is 0.891. The van der Waals surface area contributed by atoms with Crippen LogP contribution in [0.25, 0.3) is 0 Å². The van der Waals surface area contributed by atoms with E-state index in [2.05, 4.69) is 4.98 Å². The number of aromatic nitrogens is 1. The first kappa shape index (κ1) is 11.1. The van der Waals surface area contributed by atoms with Crippen molar-refractivity contribution in [1.29, 1.82) is 0 Å². The Labute approximate surface area is 80.7 Å². The highest BCUT2D eigenvalue weighted by Gasteiger charge is 2.40. The van der Waals surface area contributed by atoms with Gasteiger partial charge in [0.1, 0.15) is 0 Å². The summed E-state index contributed by atoms with van der Waals surface area (Å²) in [4.78, 5) is 22.1. The largest absolute Gasteiger partial charge is 0.440 e. The quantitative estimate of drug-likeness (QED) is 0.433. The van der Waals surface area contributed by atoms with Crippen molar-refractivity contribution in [3.05, 3.63) is 33.6 Å². The minimum atomic E-state index is -4.91. The zero-order valence-corrected chi connectivity index (χ0v) is 6.99. The van der Waals surface area contributed by atoms with E-state index in [4.69, 9.17) is 0 Å². The summed E-state index contributed by atoms with van der Waals surface area (Å²) in [5.74, 6) is 0. The molecule has 0 bridgehead atoms. The Morgan fingerprint density at radius 1 is 1.47 bits per heavy atom. The molecule has 0 fully saturated rings. The SMILES string of the molecule is O=Cc1cnc(C(F)(F)F)c([N+](=O)[O-])c1. The molecule has 0 saturated carbocycles. The summed E-state index contributed by atoms with van der Waals surface area (Å²) in [5.41, 5.74) is -3.13. The summed E-state index contributed by atoms with van der Waals surface area (Å²) in [5, 5.41) is 10.3. The lowest BCUT2D eigenvalue weighted by Crippen LogP contribution is -2.11. The molecule has 0 unspecified atom stereocenters. The van der Waals surface area contributed by atoms with Crippen LogP contribution in [0.1, 0.15) is 16.1 Å². The number of rotatable bonds is 2. The van der Waals surface area contributed by atoms with Crippen molar-refractivity contribution in [2.75, 3.05) is 0 Å². The van der Waals surface area contributed by atoms with Crippen molar-refractivity contribution in [1.82, 2.24) is 4.98 Å². The van der Waals surface area contributed by atoms with Crippen LogP contribution in [0.2, 0.25) is 0 Å². The van der Waals surface area contributed by atoms with E-state index >= 15 is 0 Å². The van der Waals surface area contributed by atoms with Gasteiger partial charge in [-0.3, -0.25) is 14.9 Å². The lowest BCUT2D eigenvalue weighted by molar-refractivity contribution is -0.388. The van der Waals surface area contributed by atoms with Gasteiger partial charge in [-0.05, 0) is 0 Å². The first-order valence-corrected chi connectivity index (χ1v) is 3.53. The maximum absolute atomic E-state index is 12.2. The smallest absolute Gasteiger partial charge is 0.298 e. The molecule has 0 atom stereocenters. The summed E-state index contributed by atoms with van der Waals surface area (Å²) in [6.07, 6.45) is -4.10. The van der Waals surface area contributed by atoms with Gasteiger partial charge < -0.3 is 0 Å². The molecule has 0 aliphatic rings. The molecule has 0 radical (unpaired) electrons. The number of alkyl halides is 3. The van der Waals surface area contributed by atoms with Crippen molar-refractivity contribution in [2.24, 2.45) is 0 Å². The number of carbonyl (C=O) groups is 1. The third kappa shape index (κ3) is 2.27. The number of carbonyl (C=O) groups excluding carboxylic acids is 1. The average Bonchev–Trinajstić information content (AvgIpc) is 2.15. The molecule has 0 aliphatic heterocycles. The van der Waals surface area contributed by atoms with Gasteiger partial charge in [-0.15, -0.1) is 0 Å². The molecule has 80 valence electrons. The van der Waals surface area contributed by atoms with E-state index in [1.165, 1.54) is 0 Å². The van der Waals surface area contributed by atoms with E-state index in [0.717, 1.165) is 0 Å². The Morgan fingerprint density at radius 2 is 2.07 bits per heavy atom. The maximum atomic E-state index is 12.2. The highest BCUT2D eigenvalue weighted by molar-refractivity contribution is 5.75. The first-order chi connectivity index (χ1) is 6.86. The highest BCUT2D eigenvalue weighted by Crippen LogP contribution is 2.34. The molecule has 15 heavy (non-hydrogen) atoms. The number of halogens is 3. The van der Waals surface area contributed by atoms with Crippen LogP contribution in [-0.4, -0.2) is 16.2 Å². The van der Waals surface area contributed by atoms with Crippen molar-refractivity contribution in [2.45, 2.75) is 6.18 Å². The lowest BCUT2D eigenvalue weighted by Gasteiger charge is -2.05. The number of pyridine rings is 1. The predicted octanol–water partition coefficient (Wildman–Crippen LogP) is 1.82. The van der Waals surface area contributed by atoms with E-state index in [1.807, 2.05) is 0 Å². The van der Waals surface area contributed by atoms with Gasteiger partial charge in [-0.25, -0.2) is 4.98 Å². The second-order valence-corrected chi connectivity index (χ2v) is 2.51. The summed E-state index contributed by atoms with van der Waals surface area (Å²) in [7, 11) is 0. The molecule has 0 aromatic carbocycles. The van der Waals surface area contributed by atoms with Gasteiger partial charge in [-0.2, -0.15) is 13.2 Å². The summed E-state index contributed by atoms with van der Waals surface area (Å²) in [6, 6.07) is 0.531. The molecule has 8 heteroatoms. The Kier molecular flexibility index (Phi) is 2.69. The van der Waals surface area contributed by atoms with Crippen molar-refractivity contribution >= 4 is 12.0 Å². The zero-order valence-electron chi connectivity index (χ0n) is 6.99. The molecule has 0 amide bonds. The van der Waals surface area contributed by atoms with E-state index in [1.54, 1.807) is 0 Å². The molecule has 0 spiro atoms. The minimum Gasteiger partial charge on any atom is -0.298 e. The third-order valence-electron chi connectivity index (χ3n) is 1.49. The van der Waals surface area contributed by atoms with Gasteiger partial charge >= 0.3 is 11.9 Å². The van der Waals surface area contributed by atoms with E-state index < -0.39 is 22.5 Å². The normalized spacial score (nSPS) is 11.1. The molecule has 0 N–H and O–H groups in total. The van der Waals surface area contributed by atoms with Gasteiger partial charge in [0.05, 0.1) is 4.92 Å². The molecule has 1 aromatic rings. The average molecular weight is 220 g/mol. The van der Waals surface area contributed by atoms with Crippen LogP contribution in [0.3, 0.4) is 0 Å². The standard InChI is InChI=1S/C7H3F3N2O3/c8-7(9,10)6-5(12(14)15)1-4(3-13)2-11-6/h1-3H. The van der Waals surface area contributed by atoms with E-state index in [0.29, 0.717) is 12.3 Å². The molecule has 0 aliphatic carbocycles. The van der Waals surface area contributed by atoms with Gasteiger partial charge in [-0.1, -0.05) is 0 Å². The van der Waals surface area contributed by atoms with E-state index in [9.17, 15) is 28.1 Å². The first-order valence-electron chi connectivity index (χ1n) is 3.53. The van der Waals surface area contributed by atoms with Crippen molar-refractivity contribution in [3.63, 3.8) is 0 Å². The number of aldehydes is 1. The fourth-order valence-electron chi connectivity index (χ4n) is 0.891. The molecule has 5 nitrogen and oxygen atoms in total. The van der Waals surface area contributed by atoms with Crippen molar-refractivity contribution < 1.29 is 22.9 Å². The van der Waals surface area contributed by atoms with Crippen LogP contribution < -0.4 is 0 Å². The number of nitrogens with zero attached hydrogens (tertiary/aromatic N) is 2. The molecular weight excluding hydrogens is 217 g/mol. The van der Waals surface area contributed by atoms with Crippen molar-refractivity contribution in [3.8, 4) is 0 Å². The number of nitro groups is 1. The van der Waals surface area contributed by atoms with Crippen LogP contribution >= 0.6 is 0 Å². The number of hydrogen-bond donors (Lipinski definition) is 0. The summed E-state index contributed by atoms with van der Waals surface area (Å²) >= 11 is 0. The Bertz CT molecular complexity index is 416. The molecule has 1 aromatic heterocycles. The Morgan fingerprint density at radius 3 is 2.47 bits per heavy atom. The van der Waals surface area contributed by atoms with Gasteiger partial charge in [0, 0.05) is 17.8 Å². The van der Waals surface area contributed by atoms with E-state index in [-0.39, 0.29) is 11.8 Å². The molecule has 1 heterocycles. The lowest BCUT2D eigenvalue weighted by atomic mass is 10.2. The molecule has 1 rings (SSSR count).